The lowest BCUT2D eigenvalue weighted by Gasteiger charge is -2.42. The van der Waals surface area contributed by atoms with Gasteiger partial charge in [-0.15, -0.1) is 0 Å². The monoisotopic (exact) mass is 321 g/mol. The van der Waals surface area contributed by atoms with Gasteiger partial charge in [-0.3, -0.25) is 9.69 Å². The molecule has 1 atom stereocenters. The Morgan fingerprint density at radius 3 is 2.30 bits per heavy atom. The first-order valence-corrected chi connectivity index (χ1v) is 9.85. The molecule has 3 rings (SSSR count). The van der Waals surface area contributed by atoms with E-state index in [1.54, 1.807) is 0 Å². The van der Waals surface area contributed by atoms with Crippen molar-refractivity contribution in [2.24, 2.45) is 11.8 Å². The van der Waals surface area contributed by atoms with E-state index in [1.165, 1.54) is 58.3 Å². The van der Waals surface area contributed by atoms with Crippen LogP contribution in [0.25, 0.3) is 0 Å². The molecule has 0 radical (unpaired) electrons. The van der Waals surface area contributed by atoms with Crippen LogP contribution in [-0.2, 0) is 4.79 Å². The fourth-order valence-electron chi connectivity index (χ4n) is 4.72. The van der Waals surface area contributed by atoms with Gasteiger partial charge in [0.05, 0.1) is 0 Å². The summed E-state index contributed by atoms with van der Waals surface area (Å²) in [4.78, 5) is 19.9. The van der Waals surface area contributed by atoms with Crippen LogP contribution >= 0.6 is 0 Å². The summed E-state index contributed by atoms with van der Waals surface area (Å²) in [7, 11) is 2.23. The van der Waals surface area contributed by atoms with Crippen molar-refractivity contribution >= 4 is 5.91 Å². The van der Waals surface area contributed by atoms with Gasteiger partial charge < -0.3 is 9.80 Å². The fourth-order valence-corrected chi connectivity index (χ4v) is 4.72. The number of likely N-dealkylation sites (tertiary alicyclic amines) is 1. The van der Waals surface area contributed by atoms with E-state index in [1.807, 2.05) is 0 Å². The molecule has 0 bridgehead atoms. The molecule has 2 heterocycles. The van der Waals surface area contributed by atoms with E-state index in [2.05, 4.69) is 28.7 Å². The van der Waals surface area contributed by atoms with Gasteiger partial charge in [-0.25, -0.2) is 0 Å². The van der Waals surface area contributed by atoms with Crippen molar-refractivity contribution in [1.82, 2.24) is 14.7 Å². The van der Waals surface area contributed by atoms with Crippen LogP contribution in [0.1, 0.15) is 51.9 Å². The molecule has 2 aliphatic heterocycles. The Bertz CT molecular complexity index is 386. The zero-order chi connectivity index (χ0) is 16.2. The Balaban J connectivity index is 1.42. The third-order valence-electron chi connectivity index (χ3n) is 6.34. The molecule has 0 aromatic heterocycles. The maximum absolute atomic E-state index is 12.6. The SMILES string of the molecule is C[C@H]1CN(C)CCN1CC1CCN(C(=O)C2CCCCC2)CC1. The fraction of sp³-hybridized carbons (Fsp3) is 0.947. The smallest absolute Gasteiger partial charge is 0.225 e. The summed E-state index contributed by atoms with van der Waals surface area (Å²) < 4.78 is 0. The van der Waals surface area contributed by atoms with Crippen LogP contribution in [0.3, 0.4) is 0 Å². The largest absolute Gasteiger partial charge is 0.342 e. The molecule has 4 heteroatoms. The summed E-state index contributed by atoms with van der Waals surface area (Å²) in [6, 6.07) is 0.677. The molecule has 0 spiro atoms. The van der Waals surface area contributed by atoms with Crippen LogP contribution in [0.15, 0.2) is 0 Å². The first-order chi connectivity index (χ1) is 11.1. The van der Waals surface area contributed by atoms with Crippen molar-refractivity contribution in [2.45, 2.75) is 57.9 Å². The number of hydrogen-bond donors (Lipinski definition) is 0. The molecular weight excluding hydrogens is 286 g/mol. The zero-order valence-corrected chi connectivity index (χ0v) is 15.2. The van der Waals surface area contributed by atoms with E-state index < -0.39 is 0 Å². The molecule has 3 fully saturated rings. The second-order valence-corrected chi connectivity index (χ2v) is 8.21. The number of piperazine rings is 1. The average molecular weight is 322 g/mol. The molecule has 1 saturated carbocycles. The van der Waals surface area contributed by atoms with Crippen LogP contribution in [0.4, 0.5) is 0 Å². The Labute approximate surface area is 142 Å². The number of carbonyl (C=O) groups excluding carboxylic acids is 1. The number of nitrogens with zero attached hydrogens (tertiary/aromatic N) is 3. The number of hydrogen-bond acceptors (Lipinski definition) is 3. The molecule has 23 heavy (non-hydrogen) atoms. The third-order valence-corrected chi connectivity index (χ3v) is 6.34. The summed E-state index contributed by atoms with van der Waals surface area (Å²) in [6.45, 7) is 9.20. The molecule has 1 aliphatic carbocycles. The van der Waals surface area contributed by atoms with Gasteiger partial charge in [-0.05, 0) is 45.6 Å². The van der Waals surface area contributed by atoms with Crippen LogP contribution in [-0.4, -0.2) is 73.0 Å². The Hall–Kier alpha value is -0.610. The summed E-state index contributed by atoms with van der Waals surface area (Å²) in [5, 5.41) is 0. The molecular formula is C19H35N3O. The molecule has 3 aliphatic rings. The molecule has 0 N–H and O–H groups in total. The van der Waals surface area contributed by atoms with Gasteiger partial charge in [-0.2, -0.15) is 0 Å². The molecule has 0 aromatic rings. The lowest BCUT2D eigenvalue weighted by molar-refractivity contribution is -0.138. The van der Waals surface area contributed by atoms with Crippen LogP contribution in [0, 0.1) is 11.8 Å². The van der Waals surface area contributed by atoms with Crippen molar-refractivity contribution in [3.8, 4) is 0 Å². The van der Waals surface area contributed by atoms with Crippen molar-refractivity contribution in [1.29, 1.82) is 0 Å². The summed E-state index contributed by atoms with van der Waals surface area (Å²) in [5.74, 6) is 1.60. The lowest BCUT2D eigenvalue weighted by Crippen LogP contribution is -2.52. The maximum Gasteiger partial charge on any atom is 0.225 e. The first-order valence-electron chi connectivity index (χ1n) is 9.85. The second-order valence-electron chi connectivity index (χ2n) is 8.21. The molecule has 0 unspecified atom stereocenters. The minimum Gasteiger partial charge on any atom is -0.342 e. The number of rotatable bonds is 3. The van der Waals surface area contributed by atoms with Crippen molar-refractivity contribution in [3.05, 3.63) is 0 Å². The number of likely N-dealkylation sites (N-methyl/N-ethyl adjacent to an activating group) is 1. The Kier molecular flexibility index (Phi) is 5.97. The van der Waals surface area contributed by atoms with Gasteiger partial charge in [0.15, 0.2) is 0 Å². The highest BCUT2D eigenvalue weighted by atomic mass is 16.2. The van der Waals surface area contributed by atoms with Gasteiger partial charge in [-0.1, -0.05) is 19.3 Å². The van der Waals surface area contributed by atoms with E-state index in [4.69, 9.17) is 0 Å². The molecule has 4 nitrogen and oxygen atoms in total. The Morgan fingerprint density at radius 2 is 1.65 bits per heavy atom. The quantitative estimate of drug-likeness (QED) is 0.799. The van der Waals surface area contributed by atoms with Crippen LogP contribution < -0.4 is 0 Å². The number of amides is 1. The third kappa shape index (κ3) is 4.48. The average Bonchev–Trinajstić information content (AvgIpc) is 2.58. The van der Waals surface area contributed by atoms with E-state index in [0.717, 1.165) is 31.8 Å². The van der Waals surface area contributed by atoms with Crippen LogP contribution in [0.2, 0.25) is 0 Å². The topological polar surface area (TPSA) is 26.8 Å². The summed E-state index contributed by atoms with van der Waals surface area (Å²) in [5.41, 5.74) is 0. The van der Waals surface area contributed by atoms with Gasteiger partial charge in [0.2, 0.25) is 5.91 Å². The number of carbonyl (C=O) groups is 1. The Morgan fingerprint density at radius 1 is 0.957 bits per heavy atom. The summed E-state index contributed by atoms with van der Waals surface area (Å²) in [6.07, 6.45) is 8.53. The molecule has 1 amide bonds. The van der Waals surface area contributed by atoms with Crippen molar-refractivity contribution in [3.63, 3.8) is 0 Å². The number of piperidine rings is 1. The minimum atomic E-state index is 0.345. The van der Waals surface area contributed by atoms with Crippen molar-refractivity contribution < 1.29 is 4.79 Å². The maximum atomic E-state index is 12.6. The van der Waals surface area contributed by atoms with Gasteiger partial charge in [0.25, 0.3) is 0 Å². The standard InChI is InChI=1S/C19H35N3O/c1-16-14-20(2)12-13-22(16)15-17-8-10-21(11-9-17)19(23)18-6-4-3-5-7-18/h16-18H,3-15H2,1-2H3/t16-/m0/s1. The van der Waals surface area contributed by atoms with E-state index in [0.29, 0.717) is 17.9 Å². The molecule has 0 aromatic carbocycles. The molecule has 2 saturated heterocycles. The first kappa shape index (κ1) is 17.2. The second kappa shape index (κ2) is 7.98. The summed E-state index contributed by atoms with van der Waals surface area (Å²) >= 11 is 0. The van der Waals surface area contributed by atoms with E-state index in [9.17, 15) is 4.79 Å². The predicted molar refractivity (Wildman–Crippen MR) is 94.4 cm³/mol. The highest BCUT2D eigenvalue weighted by Gasteiger charge is 2.31. The van der Waals surface area contributed by atoms with E-state index >= 15 is 0 Å². The van der Waals surface area contributed by atoms with Crippen LogP contribution in [0.5, 0.6) is 0 Å². The van der Waals surface area contributed by atoms with Gasteiger partial charge in [0.1, 0.15) is 0 Å². The van der Waals surface area contributed by atoms with E-state index in [-0.39, 0.29) is 0 Å². The predicted octanol–water partition coefficient (Wildman–Crippen LogP) is 2.44. The highest BCUT2D eigenvalue weighted by Crippen LogP contribution is 2.28. The van der Waals surface area contributed by atoms with Crippen molar-refractivity contribution in [2.75, 3.05) is 46.3 Å². The van der Waals surface area contributed by atoms with Gasteiger partial charge >= 0.3 is 0 Å². The minimum absolute atomic E-state index is 0.345. The highest BCUT2D eigenvalue weighted by molar-refractivity contribution is 5.79. The van der Waals surface area contributed by atoms with Gasteiger partial charge in [0, 0.05) is 51.2 Å². The zero-order valence-electron chi connectivity index (χ0n) is 15.2. The lowest BCUT2D eigenvalue weighted by atomic mass is 9.87. The normalized spacial score (nSPS) is 29.8. The molecule has 132 valence electrons.